The molecule has 9 heteroatoms. The zero-order valence-electron chi connectivity index (χ0n) is 14.4. The van der Waals surface area contributed by atoms with E-state index in [1.165, 1.54) is 16.4 Å². The van der Waals surface area contributed by atoms with Crippen molar-refractivity contribution in [3.63, 3.8) is 0 Å². The van der Waals surface area contributed by atoms with Gasteiger partial charge in [-0.05, 0) is 30.3 Å². The highest BCUT2D eigenvalue weighted by molar-refractivity contribution is 7.89. The van der Waals surface area contributed by atoms with E-state index in [1.807, 2.05) is 23.1 Å². The predicted octanol–water partition coefficient (Wildman–Crippen LogP) is 2.42. The number of hydrogen-bond donors (Lipinski definition) is 1. The van der Waals surface area contributed by atoms with Gasteiger partial charge in [0.15, 0.2) is 0 Å². The smallest absolute Gasteiger partial charge is 0.246 e. The van der Waals surface area contributed by atoms with E-state index in [1.54, 1.807) is 12.1 Å². The minimum Gasteiger partial charge on any atom is -0.325 e. The third-order valence-electron chi connectivity index (χ3n) is 4.27. The molecule has 0 spiro atoms. The Kier molecular flexibility index (Phi) is 6.11. The molecule has 0 aliphatic carbocycles. The highest BCUT2D eigenvalue weighted by Crippen LogP contribution is 2.23. The highest BCUT2D eigenvalue weighted by atomic mass is 35.5. The summed E-state index contributed by atoms with van der Waals surface area (Å²) in [4.78, 5) is 13.6. The van der Waals surface area contributed by atoms with E-state index in [2.05, 4.69) is 5.32 Å². The number of benzene rings is 2. The molecule has 1 N–H and O–H groups in total. The second-order valence-corrected chi connectivity index (χ2v) is 8.51. The number of carbonyl (C=O) groups is 1. The van der Waals surface area contributed by atoms with Crippen molar-refractivity contribution in [3.8, 4) is 0 Å². The molecular weight excluding hydrogens is 393 g/mol. The number of para-hydroxylation sites is 1. The summed E-state index contributed by atoms with van der Waals surface area (Å²) in [6.45, 7) is 1.30. The Balaban J connectivity index is 1.57. The quantitative estimate of drug-likeness (QED) is 0.820. The van der Waals surface area contributed by atoms with E-state index < -0.39 is 15.8 Å². The third-order valence-corrected chi connectivity index (χ3v) is 6.43. The topological polar surface area (TPSA) is 69.7 Å². The van der Waals surface area contributed by atoms with Crippen LogP contribution in [0.3, 0.4) is 0 Å². The largest absolute Gasteiger partial charge is 0.325 e. The molecule has 1 heterocycles. The van der Waals surface area contributed by atoms with Gasteiger partial charge in [0.2, 0.25) is 15.9 Å². The molecule has 1 aliphatic rings. The zero-order chi connectivity index (χ0) is 19.4. The second kappa shape index (κ2) is 8.35. The third kappa shape index (κ3) is 4.84. The molecule has 0 saturated carbocycles. The molecule has 0 unspecified atom stereocenters. The lowest BCUT2D eigenvalue weighted by molar-refractivity contribution is -0.117. The van der Waals surface area contributed by atoms with Crippen LogP contribution in [0.25, 0.3) is 0 Å². The maximum atomic E-state index is 14.0. The van der Waals surface area contributed by atoms with Crippen molar-refractivity contribution < 1.29 is 17.6 Å². The maximum absolute atomic E-state index is 14.0. The summed E-state index contributed by atoms with van der Waals surface area (Å²) in [5.41, 5.74) is 0.710. The molecule has 2 aromatic rings. The summed E-state index contributed by atoms with van der Waals surface area (Å²) in [6.07, 6.45) is 0. The first kappa shape index (κ1) is 19.8. The minimum absolute atomic E-state index is 0.140. The van der Waals surface area contributed by atoms with Crippen LogP contribution in [0.1, 0.15) is 0 Å². The van der Waals surface area contributed by atoms with Crippen LogP contribution in [0.4, 0.5) is 10.1 Å². The average molecular weight is 412 g/mol. The van der Waals surface area contributed by atoms with Crippen molar-refractivity contribution in [2.45, 2.75) is 4.90 Å². The lowest BCUT2D eigenvalue weighted by Crippen LogP contribution is -2.50. The van der Waals surface area contributed by atoms with Crippen LogP contribution in [-0.4, -0.2) is 56.3 Å². The van der Waals surface area contributed by atoms with E-state index in [0.29, 0.717) is 18.8 Å². The van der Waals surface area contributed by atoms with Gasteiger partial charge in [-0.3, -0.25) is 9.69 Å². The van der Waals surface area contributed by atoms with Crippen molar-refractivity contribution >= 4 is 33.2 Å². The summed E-state index contributed by atoms with van der Waals surface area (Å²) in [6, 6.07) is 12.6. The molecule has 27 heavy (non-hydrogen) atoms. The van der Waals surface area contributed by atoms with Gasteiger partial charge in [-0.1, -0.05) is 29.8 Å². The van der Waals surface area contributed by atoms with Crippen molar-refractivity contribution in [3.05, 3.63) is 59.4 Å². The normalized spacial score (nSPS) is 16.2. The van der Waals surface area contributed by atoms with Crippen molar-refractivity contribution in [1.29, 1.82) is 0 Å². The number of nitrogens with one attached hydrogen (secondary N) is 1. The molecule has 0 aromatic heterocycles. The van der Waals surface area contributed by atoms with Gasteiger partial charge in [0.25, 0.3) is 0 Å². The number of rotatable bonds is 5. The number of carbonyl (C=O) groups excluding carboxylic acids is 1. The van der Waals surface area contributed by atoms with Crippen molar-refractivity contribution in [2.24, 2.45) is 0 Å². The van der Waals surface area contributed by atoms with E-state index in [4.69, 9.17) is 11.6 Å². The van der Waals surface area contributed by atoms with Gasteiger partial charge < -0.3 is 5.32 Å². The Morgan fingerprint density at radius 1 is 1.07 bits per heavy atom. The van der Waals surface area contributed by atoms with E-state index in [9.17, 15) is 17.6 Å². The maximum Gasteiger partial charge on any atom is 0.246 e. The summed E-state index contributed by atoms with van der Waals surface area (Å²) >= 11 is 5.69. The first-order chi connectivity index (χ1) is 12.9. The number of sulfonamides is 1. The molecule has 1 aliphatic heterocycles. The SMILES string of the molecule is O=C(CN1CCN(S(=O)(=O)c2ccc(Cl)cc2F)CC1)Nc1ccccc1. The average Bonchev–Trinajstić information content (AvgIpc) is 2.62. The van der Waals surface area contributed by atoms with Crippen molar-refractivity contribution in [1.82, 2.24) is 9.21 Å². The van der Waals surface area contributed by atoms with Gasteiger partial charge in [0.1, 0.15) is 10.7 Å². The van der Waals surface area contributed by atoms with E-state index in [-0.39, 0.29) is 35.5 Å². The Bertz CT molecular complexity index is 917. The van der Waals surface area contributed by atoms with Crippen LogP contribution in [0.15, 0.2) is 53.4 Å². The molecular formula is C18H19ClFN3O3S. The van der Waals surface area contributed by atoms with Crippen LogP contribution in [0.5, 0.6) is 0 Å². The number of anilines is 1. The first-order valence-corrected chi connectivity index (χ1v) is 10.2. The number of amides is 1. The van der Waals surface area contributed by atoms with Crippen LogP contribution in [-0.2, 0) is 14.8 Å². The number of hydrogen-bond acceptors (Lipinski definition) is 4. The van der Waals surface area contributed by atoms with Crippen LogP contribution < -0.4 is 5.32 Å². The monoisotopic (exact) mass is 411 g/mol. The van der Waals surface area contributed by atoms with E-state index >= 15 is 0 Å². The fourth-order valence-corrected chi connectivity index (χ4v) is 4.50. The first-order valence-electron chi connectivity index (χ1n) is 8.39. The Morgan fingerprint density at radius 3 is 2.37 bits per heavy atom. The fourth-order valence-electron chi connectivity index (χ4n) is 2.88. The molecule has 0 radical (unpaired) electrons. The van der Waals surface area contributed by atoms with Gasteiger partial charge in [0.05, 0.1) is 6.54 Å². The summed E-state index contributed by atoms with van der Waals surface area (Å²) < 4.78 is 40.5. The minimum atomic E-state index is -3.94. The van der Waals surface area contributed by atoms with Gasteiger partial charge >= 0.3 is 0 Å². The van der Waals surface area contributed by atoms with Crippen molar-refractivity contribution in [2.75, 3.05) is 38.0 Å². The Morgan fingerprint density at radius 2 is 1.74 bits per heavy atom. The van der Waals surface area contributed by atoms with Gasteiger partial charge in [-0.15, -0.1) is 0 Å². The van der Waals surface area contributed by atoms with Gasteiger partial charge in [-0.2, -0.15) is 4.31 Å². The number of halogens is 2. The molecule has 1 amide bonds. The molecule has 0 bridgehead atoms. The molecule has 1 fully saturated rings. The molecule has 0 atom stereocenters. The van der Waals surface area contributed by atoms with Gasteiger partial charge in [-0.25, -0.2) is 12.8 Å². The highest BCUT2D eigenvalue weighted by Gasteiger charge is 2.31. The molecule has 144 valence electrons. The van der Waals surface area contributed by atoms with Crippen LogP contribution in [0, 0.1) is 5.82 Å². The summed E-state index contributed by atoms with van der Waals surface area (Å²) in [7, 11) is -3.94. The summed E-state index contributed by atoms with van der Waals surface area (Å²) in [5.74, 6) is -1.03. The molecule has 6 nitrogen and oxygen atoms in total. The molecule has 3 rings (SSSR count). The number of nitrogens with zero attached hydrogens (tertiary/aromatic N) is 2. The second-order valence-electron chi connectivity index (χ2n) is 6.17. The fraction of sp³-hybridized carbons (Fsp3) is 0.278. The predicted molar refractivity (Wildman–Crippen MR) is 102 cm³/mol. The number of piperazine rings is 1. The standard InChI is InChI=1S/C18H19ClFN3O3S/c19-14-6-7-17(16(20)12-14)27(25,26)23-10-8-22(9-11-23)13-18(24)21-15-4-2-1-3-5-15/h1-7,12H,8-11,13H2,(H,21,24). The van der Waals surface area contributed by atoms with E-state index in [0.717, 1.165) is 6.07 Å². The Labute approximate surface area is 162 Å². The van der Waals surface area contributed by atoms with Crippen LogP contribution in [0.2, 0.25) is 5.02 Å². The molecule has 2 aromatic carbocycles. The summed E-state index contributed by atoms with van der Waals surface area (Å²) in [5, 5.41) is 2.93. The lowest BCUT2D eigenvalue weighted by Gasteiger charge is -2.33. The molecule has 1 saturated heterocycles. The lowest BCUT2D eigenvalue weighted by atomic mass is 10.3. The van der Waals surface area contributed by atoms with Crippen LogP contribution >= 0.6 is 11.6 Å². The zero-order valence-corrected chi connectivity index (χ0v) is 16.0. The van der Waals surface area contributed by atoms with Gasteiger partial charge in [0, 0.05) is 36.9 Å². The Hall–Kier alpha value is -2.00.